The van der Waals surface area contributed by atoms with Crippen molar-refractivity contribution < 1.29 is 23.8 Å². The molecular weight excluding hydrogens is 253 g/mol. The van der Waals surface area contributed by atoms with Gasteiger partial charge in [0.1, 0.15) is 6.23 Å². The molecule has 1 amide bonds. The Balaban J connectivity index is 0.000000741. The Hall–Kier alpha value is -0.980. The number of methoxy groups -OCH3 is 1. The number of allylic oxidation sites excluding steroid dienone is 1. The van der Waals surface area contributed by atoms with E-state index in [1.807, 2.05) is 12.3 Å². The van der Waals surface area contributed by atoms with Crippen LogP contribution >= 0.6 is 0 Å². The monoisotopic (exact) mass is 277 g/mol. The third-order valence-electron chi connectivity index (χ3n) is 2.83. The Morgan fingerprint density at radius 3 is 2.74 bits per heavy atom. The van der Waals surface area contributed by atoms with Gasteiger partial charge in [0.25, 0.3) is 0 Å². The number of ether oxygens (including phenoxy) is 2. The average molecular weight is 277 g/mol. The second-order valence-electron chi connectivity index (χ2n) is 3.97. The maximum absolute atomic E-state index is 11.6. The van der Waals surface area contributed by atoms with Crippen LogP contribution in [0, 0.1) is 0 Å². The van der Waals surface area contributed by atoms with Crippen LogP contribution < -0.4 is 0 Å². The lowest BCUT2D eigenvalue weighted by Gasteiger charge is -2.27. The standard InChI is InChI=1S/C11H17NO3.CH3F.CH4O/c1-14-8-9-5-6-11(15-9)12-7-3-2-4-10(12)13;2*1-2/h3,7,9,11H,2,4-6,8H2,1H3;1H3;2H,1H3. The van der Waals surface area contributed by atoms with Crippen molar-refractivity contribution in [3.05, 3.63) is 12.3 Å². The highest BCUT2D eigenvalue weighted by molar-refractivity contribution is 5.78. The van der Waals surface area contributed by atoms with Gasteiger partial charge in [0, 0.05) is 26.8 Å². The zero-order valence-corrected chi connectivity index (χ0v) is 11.8. The summed E-state index contributed by atoms with van der Waals surface area (Å²) in [4.78, 5) is 13.3. The Labute approximate surface area is 114 Å². The SMILES string of the molecule is CF.CO.COCC1CCC(N2C=CCCC2=O)O1. The van der Waals surface area contributed by atoms with E-state index in [4.69, 9.17) is 14.6 Å². The molecule has 6 heteroatoms. The molecule has 2 unspecified atom stereocenters. The number of hydrogen-bond donors (Lipinski definition) is 1. The van der Waals surface area contributed by atoms with E-state index >= 15 is 0 Å². The molecule has 19 heavy (non-hydrogen) atoms. The molecule has 112 valence electrons. The molecule has 1 fully saturated rings. The first-order valence-electron chi connectivity index (χ1n) is 6.26. The minimum absolute atomic E-state index is 0.0748. The van der Waals surface area contributed by atoms with E-state index in [-0.39, 0.29) is 18.2 Å². The molecule has 0 aromatic carbocycles. The van der Waals surface area contributed by atoms with Gasteiger partial charge in [0.2, 0.25) is 5.91 Å². The van der Waals surface area contributed by atoms with E-state index in [0.29, 0.717) is 20.2 Å². The second-order valence-corrected chi connectivity index (χ2v) is 3.97. The highest BCUT2D eigenvalue weighted by atomic mass is 19.1. The lowest BCUT2D eigenvalue weighted by atomic mass is 10.2. The molecule has 2 atom stereocenters. The molecule has 0 aromatic rings. The zero-order chi connectivity index (χ0) is 14.7. The molecule has 2 aliphatic heterocycles. The van der Waals surface area contributed by atoms with Crippen LogP contribution in [0.5, 0.6) is 0 Å². The number of hydrogen-bond acceptors (Lipinski definition) is 4. The van der Waals surface area contributed by atoms with E-state index in [1.54, 1.807) is 12.0 Å². The quantitative estimate of drug-likeness (QED) is 0.848. The summed E-state index contributed by atoms with van der Waals surface area (Å²) in [5.41, 5.74) is 0. The van der Waals surface area contributed by atoms with Gasteiger partial charge in [-0.15, -0.1) is 0 Å². The molecular formula is C13H24FNO4. The van der Waals surface area contributed by atoms with Crippen molar-refractivity contribution in [3.63, 3.8) is 0 Å². The predicted molar refractivity (Wildman–Crippen MR) is 70.2 cm³/mol. The molecule has 0 radical (unpaired) electrons. The molecule has 1 N–H and O–H groups in total. The Morgan fingerprint density at radius 1 is 1.47 bits per heavy atom. The maximum atomic E-state index is 11.6. The van der Waals surface area contributed by atoms with Crippen molar-refractivity contribution in [2.45, 2.75) is 38.0 Å². The van der Waals surface area contributed by atoms with Gasteiger partial charge in [0.15, 0.2) is 0 Å². The highest BCUT2D eigenvalue weighted by Crippen LogP contribution is 2.25. The van der Waals surface area contributed by atoms with E-state index in [2.05, 4.69) is 0 Å². The number of carbonyl (C=O) groups excluding carboxylic acids is 1. The molecule has 0 bridgehead atoms. The summed E-state index contributed by atoms with van der Waals surface area (Å²) in [6.45, 7) is 0.613. The van der Waals surface area contributed by atoms with Crippen molar-refractivity contribution >= 4 is 5.91 Å². The fourth-order valence-electron chi connectivity index (χ4n) is 2.06. The molecule has 0 aliphatic carbocycles. The highest BCUT2D eigenvalue weighted by Gasteiger charge is 2.32. The predicted octanol–water partition coefficient (Wildman–Crippen LogP) is 1.47. The van der Waals surface area contributed by atoms with Crippen LogP contribution in [0.3, 0.4) is 0 Å². The van der Waals surface area contributed by atoms with Gasteiger partial charge >= 0.3 is 0 Å². The zero-order valence-electron chi connectivity index (χ0n) is 11.8. The van der Waals surface area contributed by atoms with Crippen LogP contribution in [0.4, 0.5) is 4.39 Å². The van der Waals surface area contributed by atoms with Gasteiger partial charge in [-0.25, -0.2) is 0 Å². The minimum Gasteiger partial charge on any atom is -0.400 e. The lowest BCUT2D eigenvalue weighted by Crippen LogP contribution is -2.37. The smallest absolute Gasteiger partial charge is 0.228 e. The Kier molecular flexibility index (Phi) is 10.3. The summed E-state index contributed by atoms with van der Waals surface area (Å²) in [5, 5.41) is 7.00. The summed E-state index contributed by atoms with van der Waals surface area (Å²) >= 11 is 0. The number of aliphatic hydroxyl groups is 1. The number of rotatable bonds is 3. The van der Waals surface area contributed by atoms with Gasteiger partial charge in [-0.1, -0.05) is 6.08 Å². The fourth-order valence-corrected chi connectivity index (χ4v) is 2.06. The minimum atomic E-state index is -0.0748. The normalized spacial score (nSPS) is 25.3. The summed E-state index contributed by atoms with van der Waals surface area (Å²) in [7, 11) is 3.17. The van der Waals surface area contributed by atoms with Crippen LogP contribution in [-0.4, -0.2) is 56.2 Å². The van der Waals surface area contributed by atoms with Crippen LogP contribution in [0.25, 0.3) is 0 Å². The molecule has 0 aromatic heterocycles. The number of halogens is 1. The number of aliphatic hydroxyl groups excluding tert-OH is 1. The second kappa shape index (κ2) is 10.9. The van der Waals surface area contributed by atoms with Gasteiger partial charge in [-0.3, -0.25) is 14.1 Å². The largest absolute Gasteiger partial charge is 0.400 e. The van der Waals surface area contributed by atoms with Crippen molar-refractivity contribution in [1.82, 2.24) is 4.90 Å². The third-order valence-corrected chi connectivity index (χ3v) is 2.83. The number of alkyl halides is 1. The van der Waals surface area contributed by atoms with Gasteiger partial charge in [0.05, 0.1) is 19.9 Å². The van der Waals surface area contributed by atoms with Crippen molar-refractivity contribution in [2.75, 3.05) is 28.0 Å². The van der Waals surface area contributed by atoms with Gasteiger partial charge < -0.3 is 14.6 Å². The van der Waals surface area contributed by atoms with Crippen molar-refractivity contribution in [3.8, 4) is 0 Å². The number of amides is 1. The van der Waals surface area contributed by atoms with Crippen molar-refractivity contribution in [1.29, 1.82) is 0 Å². The summed E-state index contributed by atoms with van der Waals surface area (Å²) in [6.07, 6.45) is 7.27. The van der Waals surface area contributed by atoms with Gasteiger partial charge in [-0.05, 0) is 19.3 Å². The van der Waals surface area contributed by atoms with E-state index in [1.165, 1.54) is 0 Å². The summed E-state index contributed by atoms with van der Waals surface area (Å²) in [5.74, 6) is 0.167. The number of carbonyl (C=O) groups is 1. The molecule has 0 spiro atoms. The molecule has 0 saturated carbocycles. The van der Waals surface area contributed by atoms with E-state index < -0.39 is 0 Å². The molecule has 2 rings (SSSR count). The first-order valence-corrected chi connectivity index (χ1v) is 6.26. The molecule has 1 saturated heterocycles. The molecule has 2 aliphatic rings. The summed E-state index contributed by atoms with van der Waals surface area (Å²) < 4.78 is 20.3. The van der Waals surface area contributed by atoms with Crippen LogP contribution in [0.15, 0.2) is 12.3 Å². The van der Waals surface area contributed by atoms with Gasteiger partial charge in [-0.2, -0.15) is 0 Å². The molecule has 5 nitrogen and oxygen atoms in total. The van der Waals surface area contributed by atoms with E-state index in [9.17, 15) is 9.18 Å². The van der Waals surface area contributed by atoms with E-state index in [0.717, 1.165) is 26.4 Å². The topological polar surface area (TPSA) is 59.0 Å². The third kappa shape index (κ3) is 5.67. The lowest BCUT2D eigenvalue weighted by molar-refractivity contribution is -0.141. The Bertz CT molecular complexity index is 273. The summed E-state index contributed by atoms with van der Waals surface area (Å²) in [6, 6.07) is 0. The average Bonchev–Trinajstić information content (AvgIpc) is 2.93. The molecule has 2 heterocycles. The van der Waals surface area contributed by atoms with Crippen LogP contribution in [-0.2, 0) is 14.3 Å². The maximum Gasteiger partial charge on any atom is 0.228 e. The first kappa shape index (κ1) is 18.0. The Morgan fingerprint density at radius 2 is 2.16 bits per heavy atom. The number of nitrogens with zero attached hydrogens (tertiary/aromatic N) is 1. The van der Waals surface area contributed by atoms with Crippen molar-refractivity contribution in [2.24, 2.45) is 0 Å². The first-order chi connectivity index (χ1) is 9.31. The van der Waals surface area contributed by atoms with Crippen LogP contribution in [0.2, 0.25) is 0 Å². The fraction of sp³-hybridized carbons (Fsp3) is 0.769. The van der Waals surface area contributed by atoms with Crippen LogP contribution in [0.1, 0.15) is 25.7 Å².